The summed E-state index contributed by atoms with van der Waals surface area (Å²) in [5.41, 5.74) is 15.5. The van der Waals surface area contributed by atoms with Crippen LogP contribution < -0.4 is 32.4 Å². The van der Waals surface area contributed by atoms with E-state index in [1.165, 1.54) is 31.9 Å². The largest absolute Gasteiger partial charge is 0.478 e. The van der Waals surface area contributed by atoms with Gasteiger partial charge in [-0.15, -0.1) is 11.8 Å². The summed E-state index contributed by atoms with van der Waals surface area (Å²) >= 11 is 2.02. The van der Waals surface area contributed by atoms with E-state index < -0.39 is 46.5 Å². The first-order valence-corrected chi connectivity index (χ1v) is 14.7. The van der Waals surface area contributed by atoms with E-state index in [1.54, 1.807) is 22.9 Å². The average Bonchev–Trinajstić information content (AvgIpc) is 3.40. The summed E-state index contributed by atoms with van der Waals surface area (Å²) < 4.78 is 5.66. The molecule has 20 heteroatoms. The molecule has 44 heavy (non-hydrogen) atoms. The molecule has 2 atom stereocenters. The first kappa shape index (κ1) is 32.1. The smallest absolute Gasteiger partial charge is 0.352 e. The predicted molar refractivity (Wildman–Crippen MR) is 159 cm³/mol. The van der Waals surface area contributed by atoms with Crippen molar-refractivity contribution in [3.8, 4) is 0 Å². The third-order valence-electron chi connectivity index (χ3n) is 6.25. The number of aliphatic carboxylic acids is 2. The van der Waals surface area contributed by atoms with Crippen LogP contribution in [0.1, 0.15) is 19.7 Å². The number of amides is 2. The summed E-state index contributed by atoms with van der Waals surface area (Å²) in [6, 6.07) is -1.11. The molecule has 0 radical (unpaired) electrons. The maximum absolute atomic E-state index is 13.2. The van der Waals surface area contributed by atoms with Crippen LogP contribution in [0.3, 0.4) is 0 Å². The number of aromatic nitrogens is 4. The SMILES string of the molecule is CC(C)(O/N=C(\C(=O)N[C@@H]1C(=O)N2C(C(=O)O)=C(/C=C/C[n+]3cnc(N)c(NCCN)c3)CSC12)c1nsc(N)n1)C(=O)O. The Morgan fingerprint density at radius 2 is 2.07 bits per heavy atom. The maximum Gasteiger partial charge on any atom is 0.352 e. The van der Waals surface area contributed by atoms with Gasteiger partial charge >= 0.3 is 11.9 Å². The van der Waals surface area contributed by atoms with E-state index >= 15 is 0 Å². The number of anilines is 3. The Hall–Kier alpha value is -4.82. The number of thioether (sulfide) groups is 1. The van der Waals surface area contributed by atoms with Crippen molar-refractivity contribution < 1.29 is 38.8 Å². The van der Waals surface area contributed by atoms with E-state index in [1.807, 2.05) is 0 Å². The molecular formula is C24H30N11O7S2+. The number of allylic oxidation sites excluding steroid dienone is 2. The molecule has 2 aromatic rings. The predicted octanol–water partition coefficient (Wildman–Crippen LogP) is -1.67. The fourth-order valence-electron chi connectivity index (χ4n) is 3.93. The highest BCUT2D eigenvalue weighted by Gasteiger charge is 2.54. The number of rotatable bonds is 13. The van der Waals surface area contributed by atoms with Crippen LogP contribution >= 0.6 is 23.3 Å². The Labute approximate surface area is 258 Å². The highest BCUT2D eigenvalue weighted by Crippen LogP contribution is 2.40. The van der Waals surface area contributed by atoms with Crippen molar-refractivity contribution in [1.29, 1.82) is 0 Å². The lowest BCUT2D eigenvalue weighted by Crippen LogP contribution is -2.71. The quantitative estimate of drug-likeness (QED) is 0.0553. The van der Waals surface area contributed by atoms with Gasteiger partial charge in [-0.2, -0.15) is 9.36 Å². The van der Waals surface area contributed by atoms with Crippen LogP contribution in [0, 0.1) is 0 Å². The number of nitrogen functional groups attached to an aromatic ring is 2. The van der Waals surface area contributed by atoms with Gasteiger partial charge in [0.1, 0.15) is 35.5 Å². The number of oxime groups is 1. The minimum atomic E-state index is -1.80. The number of carbonyl (C=O) groups is 4. The molecule has 0 aliphatic carbocycles. The summed E-state index contributed by atoms with van der Waals surface area (Å²) in [4.78, 5) is 64.2. The standard InChI is InChI=1S/C24H29N11O7S2/c1-24(2,22(40)41)42-32-13(17-31-23(27)44-33-17)18(36)30-14-19(37)35-15(21(38)39)11(9-43-20(14)35)4-3-7-34-8-12(28-6-5-25)16(26)29-10-34/h3-4,8,10,14,20,26,28H,5-7,9,25H2,1-2H3,(H5,27,30,31,33,36,38,39,40,41)/p+1/b4-3+,32-13-/t14-,20?/m1/s1. The second-order valence-electron chi connectivity index (χ2n) is 9.83. The molecule has 4 rings (SSSR count). The van der Waals surface area contributed by atoms with Crippen LogP contribution in [0.15, 0.2) is 41.1 Å². The number of nitrogens with zero attached hydrogens (tertiary/aromatic N) is 6. The first-order valence-electron chi connectivity index (χ1n) is 12.9. The average molecular weight is 649 g/mol. The van der Waals surface area contributed by atoms with E-state index in [9.17, 15) is 29.4 Å². The summed E-state index contributed by atoms with van der Waals surface area (Å²) in [5, 5.41) is 27.8. The number of nitrogens with one attached hydrogen (secondary N) is 2. The van der Waals surface area contributed by atoms with E-state index in [0.717, 1.165) is 16.4 Å². The number of nitrogens with two attached hydrogens (primary N) is 3. The number of carboxylic acid groups (broad SMARTS) is 2. The molecule has 0 saturated carbocycles. The summed E-state index contributed by atoms with van der Waals surface area (Å²) in [5.74, 6) is -3.95. The first-order chi connectivity index (χ1) is 20.8. The summed E-state index contributed by atoms with van der Waals surface area (Å²) in [6.07, 6.45) is 6.61. The normalized spacial score (nSPS) is 18.6. The van der Waals surface area contributed by atoms with Gasteiger partial charge in [0.25, 0.3) is 24.0 Å². The molecular weight excluding hydrogens is 618 g/mol. The number of carboxylic acids is 2. The Balaban J connectivity index is 1.49. The molecule has 0 aromatic carbocycles. The maximum atomic E-state index is 13.2. The van der Waals surface area contributed by atoms with Crippen LogP contribution in [-0.2, 0) is 30.6 Å². The molecule has 2 amide bonds. The van der Waals surface area contributed by atoms with Crippen LogP contribution in [0.5, 0.6) is 0 Å². The molecule has 0 spiro atoms. The highest BCUT2D eigenvalue weighted by atomic mass is 32.2. The monoisotopic (exact) mass is 648 g/mol. The number of β-lactam (4-membered cyclic amide) rings is 1. The van der Waals surface area contributed by atoms with Crippen LogP contribution in [0.25, 0.3) is 0 Å². The van der Waals surface area contributed by atoms with Gasteiger partial charge in [-0.25, -0.2) is 14.2 Å². The fourth-order valence-corrected chi connectivity index (χ4v) is 5.68. The molecule has 4 heterocycles. The van der Waals surface area contributed by atoms with Gasteiger partial charge in [0, 0.05) is 30.4 Å². The number of fused-ring (bicyclic) bond motifs is 1. The molecule has 2 aliphatic heterocycles. The van der Waals surface area contributed by atoms with Gasteiger partial charge in [0.15, 0.2) is 5.13 Å². The molecule has 1 unspecified atom stereocenters. The zero-order valence-electron chi connectivity index (χ0n) is 23.5. The molecule has 234 valence electrons. The van der Waals surface area contributed by atoms with E-state index in [2.05, 4.69) is 30.1 Å². The minimum Gasteiger partial charge on any atom is -0.478 e. The van der Waals surface area contributed by atoms with E-state index in [-0.39, 0.29) is 22.4 Å². The number of hydrogen-bond donors (Lipinski definition) is 7. The van der Waals surface area contributed by atoms with E-state index in [4.69, 9.17) is 22.0 Å². The summed E-state index contributed by atoms with van der Waals surface area (Å²) in [7, 11) is 0. The van der Waals surface area contributed by atoms with Gasteiger partial charge in [0.2, 0.25) is 17.1 Å². The molecule has 2 aromatic heterocycles. The van der Waals surface area contributed by atoms with Crippen LogP contribution in [-0.4, -0.2) is 94.8 Å². The van der Waals surface area contributed by atoms with Gasteiger partial charge < -0.3 is 42.9 Å². The second-order valence-corrected chi connectivity index (χ2v) is 11.7. The van der Waals surface area contributed by atoms with Gasteiger partial charge in [-0.3, -0.25) is 14.5 Å². The zero-order valence-corrected chi connectivity index (χ0v) is 25.1. The Morgan fingerprint density at radius 1 is 1.32 bits per heavy atom. The van der Waals surface area contributed by atoms with E-state index in [0.29, 0.717) is 36.7 Å². The number of hydrogen-bond acceptors (Lipinski definition) is 15. The Bertz CT molecular complexity index is 1570. The molecule has 1 fully saturated rings. The topological polar surface area (TPSA) is 278 Å². The van der Waals surface area contributed by atoms with Crippen LogP contribution in [0.2, 0.25) is 0 Å². The van der Waals surface area contributed by atoms with Gasteiger partial charge in [0.05, 0.1) is 0 Å². The van der Waals surface area contributed by atoms with Crippen molar-refractivity contribution in [1.82, 2.24) is 24.6 Å². The van der Waals surface area contributed by atoms with Crippen molar-refractivity contribution in [2.24, 2.45) is 10.9 Å². The van der Waals surface area contributed by atoms with Crippen molar-refractivity contribution in [3.05, 3.63) is 41.8 Å². The minimum absolute atomic E-state index is 0.0123. The van der Waals surface area contributed by atoms with Crippen LogP contribution in [0.4, 0.5) is 16.6 Å². The zero-order chi connectivity index (χ0) is 32.2. The third kappa shape index (κ3) is 6.87. The van der Waals surface area contributed by atoms with Gasteiger partial charge in [-0.05, 0) is 30.5 Å². The van der Waals surface area contributed by atoms with Crippen molar-refractivity contribution in [2.75, 3.05) is 35.6 Å². The van der Waals surface area contributed by atoms with Gasteiger partial charge in [-0.1, -0.05) is 11.2 Å². The highest BCUT2D eigenvalue weighted by molar-refractivity contribution is 8.00. The fraction of sp³-hybridized carbons (Fsp3) is 0.375. The second kappa shape index (κ2) is 13.2. The number of carbonyl (C=O) groups excluding carboxylic acids is 2. The summed E-state index contributed by atoms with van der Waals surface area (Å²) in [6.45, 7) is 3.69. The molecule has 2 aliphatic rings. The van der Waals surface area contributed by atoms with Crippen molar-refractivity contribution in [3.63, 3.8) is 0 Å². The van der Waals surface area contributed by atoms with Crippen molar-refractivity contribution in [2.45, 2.75) is 37.4 Å². The lowest BCUT2D eigenvalue weighted by atomic mass is 10.0. The molecule has 0 bridgehead atoms. The Morgan fingerprint density at radius 3 is 2.70 bits per heavy atom. The molecule has 10 N–H and O–H groups in total. The lowest BCUT2D eigenvalue weighted by Gasteiger charge is -2.49. The third-order valence-corrected chi connectivity index (χ3v) is 8.09. The lowest BCUT2D eigenvalue weighted by molar-refractivity contribution is -0.689. The van der Waals surface area contributed by atoms with Crippen molar-refractivity contribution >= 4 is 69.4 Å². The Kier molecular flexibility index (Phi) is 9.65. The molecule has 18 nitrogen and oxygen atoms in total. The molecule has 1 saturated heterocycles.